The highest BCUT2D eigenvalue weighted by Crippen LogP contribution is 2.30. The Labute approximate surface area is 93.9 Å². The van der Waals surface area contributed by atoms with E-state index in [0.29, 0.717) is 16.7 Å². The van der Waals surface area contributed by atoms with Crippen LogP contribution in [0.25, 0.3) is 11.3 Å². The molecule has 0 aliphatic heterocycles. The molecule has 0 bridgehead atoms. The predicted octanol–water partition coefficient (Wildman–Crippen LogP) is 4.12. The molecular formula is C12H12ClNO. The van der Waals surface area contributed by atoms with Gasteiger partial charge in [-0.2, -0.15) is 0 Å². The minimum Gasteiger partial charge on any atom is -0.443 e. The van der Waals surface area contributed by atoms with Gasteiger partial charge < -0.3 is 4.42 Å². The number of nitrogens with zero attached hydrogens (tertiary/aromatic N) is 1. The molecule has 1 aromatic carbocycles. The number of halogens is 1. The van der Waals surface area contributed by atoms with Gasteiger partial charge in [0.25, 0.3) is 0 Å². The van der Waals surface area contributed by atoms with Crippen LogP contribution in [0.2, 0.25) is 5.02 Å². The first kappa shape index (κ1) is 10.2. The van der Waals surface area contributed by atoms with Crippen LogP contribution in [0, 0.1) is 0 Å². The van der Waals surface area contributed by atoms with Crippen molar-refractivity contribution in [2.24, 2.45) is 0 Å². The molecule has 3 heteroatoms. The van der Waals surface area contributed by atoms with Crippen LogP contribution in [0.4, 0.5) is 0 Å². The van der Waals surface area contributed by atoms with Gasteiger partial charge in [0.05, 0.1) is 11.2 Å². The maximum Gasteiger partial charge on any atom is 0.181 e. The molecule has 1 aromatic heterocycles. The van der Waals surface area contributed by atoms with Crippen molar-refractivity contribution in [2.45, 2.75) is 19.8 Å². The van der Waals surface area contributed by atoms with Gasteiger partial charge in [0.2, 0.25) is 0 Å². The molecule has 0 radical (unpaired) electrons. The van der Waals surface area contributed by atoms with E-state index >= 15 is 0 Å². The Morgan fingerprint density at radius 2 is 2.13 bits per heavy atom. The highest BCUT2D eigenvalue weighted by molar-refractivity contribution is 6.33. The van der Waals surface area contributed by atoms with Crippen molar-refractivity contribution < 1.29 is 4.42 Å². The molecule has 0 fully saturated rings. The highest BCUT2D eigenvalue weighted by Gasteiger charge is 2.08. The summed E-state index contributed by atoms with van der Waals surface area (Å²) in [5, 5.41) is 0.706. The second kappa shape index (κ2) is 4.07. The summed E-state index contributed by atoms with van der Waals surface area (Å²) < 4.78 is 5.21. The van der Waals surface area contributed by atoms with Crippen molar-refractivity contribution in [3.8, 4) is 11.3 Å². The molecule has 2 nitrogen and oxygen atoms in total. The molecule has 0 N–H and O–H groups in total. The van der Waals surface area contributed by atoms with Crippen LogP contribution in [0.5, 0.6) is 0 Å². The molecule has 15 heavy (non-hydrogen) atoms. The number of oxazole rings is 1. The van der Waals surface area contributed by atoms with Crippen LogP contribution in [0.1, 0.15) is 25.3 Å². The number of rotatable bonds is 2. The van der Waals surface area contributed by atoms with Crippen molar-refractivity contribution in [1.82, 2.24) is 4.98 Å². The van der Waals surface area contributed by atoms with Gasteiger partial charge in [-0.25, -0.2) is 4.98 Å². The van der Waals surface area contributed by atoms with E-state index in [-0.39, 0.29) is 0 Å². The first-order chi connectivity index (χ1) is 7.18. The topological polar surface area (TPSA) is 26.0 Å². The maximum absolute atomic E-state index is 6.18. The molecule has 2 rings (SSSR count). The molecule has 0 saturated heterocycles. The SMILES string of the molecule is CC(C)c1ccc(-c2cnco2)c(Cl)c1. The van der Waals surface area contributed by atoms with Gasteiger partial charge in [0, 0.05) is 5.56 Å². The Morgan fingerprint density at radius 3 is 2.67 bits per heavy atom. The largest absolute Gasteiger partial charge is 0.443 e. The molecule has 0 atom stereocenters. The molecule has 0 unspecified atom stereocenters. The van der Waals surface area contributed by atoms with Crippen molar-refractivity contribution in [3.05, 3.63) is 41.4 Å². The summed E-state index contributed by atoms with van der Waals surface area (Å²) in [6, 6.07) is 6.01. The third kappa shape index (κ3) is 2.05. The fraction of sp³-hybridized carbons (Fsp3) is 0.250. The number of hydrogen-bond donors (Lipinski definition) is 0. The zero-order valence-corrected chi connectivity index (χ0v) is 9.45. The van der Waals surface area contributed by atoms with Crippen LogP contribution in [0.3, 0.4) is 0 Å². The molecule has 78 valence electrons. The lowest BCUT2D eigenvalue weighted by Gasteiger charge is -2.07. The summed E-state index contributed by atoms with van der Waals surface area (Å²) in [5.74, 6) is 1.18. The summed E-state index contributed by atoms with van der Waals surface area (Å²) in [5.41, 5.74) is 2.11. The Morgan fingerprint density at radius 1 is 1.33 bits per heavy atom. The van der Waals surface area contributed by atoms with Gasteiger partial charge in [-0.05, 0) is 23.6 Å². The first-order valence-electron chi connectivity index (χ1n) is 4.87. The van der Waals surface area contributed by atoms with E-state index in [4.69, 9.17) is 16.0 Å². The summed E-state index contributed by atoms with van der Waals surface area (Å²) in [6.45, 7) is 4.28. The third-order valence-electron chi connectivity index (χ3n) is 2.36. The second-order valence-corrected chi connectivity index (χ2v) is 4.17. The van der Waals surface area contributed by atoms with E-state index < -0.39 is 0 Å². The minimum absolute atomic E-state index is 0.478. The first-order valence-corrected chi connectivity index (χ1v) is 5.24. The number of aromatic nitrogens is 1. The summed E-state index contributed by atoms with van der Waals surface area (Å²) >= 11 is 6.18. The lowest BCUT2D eigenvalue weighted by atomic mass is 10.0. The fourth-order valence-electron chi connectivity index (χ4n) is 1.44. The Hall–Kier alpha value is -1.28. The standard InChI is InChI=1S/C12H12ClNO/c1-8(2)9-3-4-10(11(13)5-9)12-6-14-7-15-12/h3-8H,1-2H3. The zero-order valence-electron chi connectivity index (χ0n) is 8.70. The molecule has 2 aromatic rings. The van der Waals surface area contributed by atoms with Crippen molar-refractivity contribution >= 4 is 11.6 Å². The predicted molar refractivity (Wildman–Crippen MR) is 61.0 cm³/mol. The van der Waals surface area contributed by atoms with Crippen LogP contribution >= 0.6 is 11.6 Å². The van der Waals surface area contributed by atoms with E-state index in [1.165, 1.54) is 12.0 Å². The molecule has 0 saturated carbocycles. The van der Waals surface area contributed by atoms with E-state index in [1.54, 1.807) is 6.20 Å². The maximum atomic E-state index is 6.18. The summed E-state index contributed by atoms with van der Waals surface area (Å²) in [4.78, 5) is 3.87. The van der Waals surface area contributed by atoms with Gasteiger partial charge in [-0.1, -0.05) is 31.5 Å². The molecule has 0 aliphatic carbocycles. The average molecular weight is 222 g/mol. The Kier molecular flexibility index (Phi) is 2.78. The van der Waals surface area contributed by atoms with Gasteiger partial charge in [0.1, 0.15) is 0 Å². The van der Waals surface area contributed by atoms with Crippen LogP contribution in [0.15, 0.2) is 35.2 Å². The molecule has 0 spiro atoms. The van der Waals surface area contributed by atoms with E-state index in [0.717, 1.165) is 5.56 Å². The minimum atomic E-state index is 0.478. The van der Waals surface area contributed by atoms with Gasteiger partial charge in [-0.15, -0.1) is 0 Å². The fourth-order valence-corrected chi connectivity index (χ4v) is 1.72. The lowest BCUT2D eigenvalue weighted by molar-refractivity contribution is 0.572. The van der Waals surface area contributed by atoms with Crippen molar-refractivity contribution in [1.29, 1.82) is 0 Å². The van der Waals surface area contributed by atoms with Crippen LogP contribution < -0.4 is 0 Å². The highest BCUT2D eigenvalue weighted by atomic mass is 35.5. The van der Waals surface area contributed by atoms with Crippen LogP contribution in [-0.4, -0.2) is 4.98 Å². The van der Waals surface area contributed by atoms with Gasteiger partial charge in [0.15, 0.2) is 12.2 Å². The molecule has 1 heterocycles. The monoisotopic (exact) mass is 221 g/mol. The Bertz CT molecular complexity index is 449. The average Bonchev–Trinajstić information content (AvgIpc) is 2.70. The molecular weight excluding hydrogens is 210 g/mol. The van der Waals surface area contributed by atoms with Crippen molar-refractivity contribution in [3.63, 3.8) is 0 Å². The normalized spacial score (nSPS) is 10.9. The quantitative estimate of drug-likeness (QED) is 0.763. The number of hydrogen-bond acceptors (Lipinski definition) is 2. The summed E-state index contributed by atoms with van der Waals surface area (Å²) in [7, 11) is 0. The van der Waals surface area contributed by atoms with Crippen molar-refractivity contribution in [2.75, 3.05) is 0 Å². The lowest BCUT2D eigenvalue weighted by Crippen LogP contribution is -1.87. The van der Waals surface area contributed by atoms with E-state index in [2.05, 4.69) is 24.9 Å². The second-order valence-electron chi connectivity index (χ2n) is 3.76. The van der Waals surface area contributed by atoms with Gasteiger partial charge >= 0.3 is 0 Å². The summed E-state index contributed by atoms with van der Waals surface area (Å²) in [6.07, 6.45) is 3.07. The van der Waals surface area contributed by atoms with E-state index in [9.17, 15) is 0 Å². The zero-order chi connectivity index (χ0) is 10.8. The van der Waals surface area contributed by atoms with E-state index in [1.807, 2.05) is 12.1 Å². The Balaban J connectivity index is 2.44. The van der Waals surface area contributed by atoms with Gasteiger partial charge in [-0.3, -0.25) is 0 Å². The molecule has 0 amide bonds. The smallest absolute Gasteiger partial charge is 0.181 e. The van der Waals surface area contributed by atoms with Crippen LogP contribution in [-0.2, 0) is 0 Å². The molecule has 0 aliphatic rings. The number of benzene rings is 1. The third-order valence-corrected chi connectivity index (χ3v) is 2.67.